The lowest BCUT2D eigenvalue weighted by atomic mass is 9.91. The Bertz CT molecular complexity index is 1070. The van der Waals surface area contributed by atoms with Crippen molar-refractivity contribution >= 4 is 23.5 Å². The van der Waals surface area contributed by atoms with E-state index in [4.69, 9.17) is 9.97 Å². The Hall–Kier alpha value is -3.11. The fraction of sp³-hybridized carbons (Fsp3) is 0.542. The van der Waals surface area contributed by atoms with Gasteiger partial charge in [-0.2, -0.15) is 18.2 Å². The Morgan fingerprint density at radius 1 is 1.03 bits per heavy atom. The number of fused-ring (bicyclic) bond motifs is 1. The highest BCUT2D eigenvalue weighted by atomic mass is 19.4. The van der Waals surface area contributed by atoms with Crippen molar-refractivity contribution in [1.29, 1.82) is 0 Å². The first kappa shape index (κ1) is 25.0. The number of nitrogens with zero attached hydrogens (tertiary/aromatic N) is 3. The molecular formula is C24H30F4N6O. The summed E-state index contributed by atoms with van der Waals surface area (Å²) in [5.74, 6) is 0.0692. The smallest absolute Gasteiger partial charge is 0.362 e. The number of carbonyl (C=O) groups excluding carboxylic acids is 1. The number of carbonyl (C=O) groups is 1. The SMILES string of the molecule is CN(C)c1nc(N[C@H]2CC[C@@H](NC(=O)Nc3cccc(C(F)(F)F)c3F)CC2)nc2c1CCCC2. The van der Waals surface area contributed by atoms with Gasteiger partial charge in [0.25, 0.3) is 0 Å². The highest BCUT2D eigenvalue weighted by molar-refractivity contribution is 5.89. The van der Waals surface area contributed by atoms with Crippen LogP contribution < -0.4 is 20.9 Å². The summed E-state index contributed by atoms with van der Waals surface area (Å²) in [5, 5.41) is 8.37. The Morgan fingerprint density at radius 2 is 1.71 bits per heavy atom. The summed E-state index contributed by atoms with van der Waals surface area (Å²) in [6.07, 6.45) is 2.25. The number of alkyl halides is 3. The van der Waals surface area contributed by atoms with Gasteiger partial charge in [-0.25, -0.2) is 14.2 Å². The number of hydrogen-bond donors (Lipinski definition) is 3. The predicted octanol–water partition coefficient (Wildman–Crippen LogP) is 5.12. The standard InChI is InChI=1S/C24H30F4N6O/c1-34(2)21-16-6-3-4-8-18(16)31-22(33-21)29-14-10-12-15(13-11-14)30-23(35)32-19-9-5-7-17(20(19)25)24(26,27)28/h5,7,9,14-15H,3-4,6,8,10-13H2,1-2H3,(H,29,31,33)(H2,30,32,35)/t14-,15+. The van der Waals surface area contributed by atoms with Gasteiger partial charge in [0.15, 0.2) is 5.82 Å². The number of aromatic nitrogens is 2. The minimum atomic E-state index is -4.83. The molecule has 0 aliphatic heterocycles. The number of amides is 2. The fourth-order valence-corrected chi connectivity index (χ4v) is 4.76. The monoisotopic (exact) mass is 494 g/mol. The number of halogens is 4. The van der Waals surface area contributed by atoms with Gasteiger partial charge in [0, 0.05) is 31.7 Å². The predicted molar refractivity (Wildman–Crippen MR) is 126 cm³/mol. The second-order valence-electron chi connectivity index (χ2n) is 9.35. The highest BCUT2D eigenvalue weighted by Crippen LogP contribution is 2.34. The first-order valence-electron chi connectivity index (χ1n) is 11.9. The van der Waals surface area contributed by atoms with E-state index in [9.17, 15) is 22.4 Å². The molecule has 0 saturated heterocycles. The van der Waals surface area contributed by atoms with Crippen molar-refractivity contribution in [2.45, 2.75) is 69.6 Å². The van der Waals surface area contributed by atoms with E-state index in [1.165, 1.54) is 5.56 Å². The average Bonchev–Trinajstić information content (AvgIpc) is 2.80. The van der Waals surface area contributed by atoms with Crippen LogP contribution in [0.1, 0.15) is 55.3 Å². The van der Waals surface area contributed by atoms with Crippen molar-refractivity contribution in [2.75, 3.05) is 29.6 Å². The third-order valence-corrected chi connectivity index (χ3v) is 6.53. The molecule has 0 bridgehead atoms. The molecule has 3 N–H and O–H groups in total. The maximum atomic E-state index is 14.2. The largest absolute Gasteiger partial charge is 0.419 e. The maximum absolute atomic E-state index is 14.2. The van der Waals surface area contributed by atoms with Gasteiger partial charge in [0.2, 0.25) is 5.95 Å². The lowest BCUT2D eigenvalue weighted by molar-refractivity contribution is -0.139. The van der Waals surface area contributed by atoms with E-state index in [0.29, 0.717) is 24.9 Å². The van der Waals surface area contributed by atoms with Crippen LogP contribution in [0, 0.1) is 5.82 Å². The van der Waals surface area contributed by atoms with Crippen LogP contribution in [0.5, 0.6) is 0 Å². The number of aryl methyl sites for hydroxylation is 1. The lowest BCUT2D eigenvalue weighted by Gasteiger charge is -2.30. The molecular weight excluding hydrogens is 464 g/mol. The van der Waals surface area contributed by atoms with Crippen molar-refractivity contribution in [2.24, 2.45) is 0 Å². The van der Waals surface area contributed by atoms with Gasteiger partial charge in [-0.3, -0.25) is 0 Å². The second kappa shape index (κ2) is 10.2. The molecule has 0 atom stereocenters. The van der Waals surface area contributed by atoms with E-state index in [2.05, 4.69) is 16.0 Å². The molecule has 2 aliphatic carbocycles. The molecule has 0 radical (unpaired) electrons. The van der Waals surface area contributed by atoms with Gasteiger partial charge in [0.1, 0.15) is 5.82 Å². The zero-order valence-electron chi connectivity index (χ0n) is 19.8. The molecule has 1 heterocycles. The number of hydrogen-bond acceptors (Lipinski definition) is 5. The molecule has 1 aromatic carbocycles. The van der Waals surface area contributed by atoms with Crippen LogP contribution >= 0.6 is 0 Å². The third kappa shape index (κ3) is 5.94. The van der Waals surface area contributed by atoms with Gasteiger partial charge in [0.05, 0.1) is 16.9 Å². The molecule has 0 unspecified atom stereocenters. The zero-order valence-corrected chi connectivity index (χ0v) is 19.8. The van der Waals surface area contributed by atoms with Crippen LogP contribution in [0.2, 0.25) is 0 Å². The molecule has 2 aromatic rings. The van der Waals surface area contributed by atoms with E-state index in [1.807, 2.05) is 19.0 Å². The summed E-state index contributed by atoms with van der Waals surface area (Å²) < 4.78 is 52.8. The van der Waals surface area contributed by atoms with Crippen LogP contribution in [0.15, 0.2) is 18.2 Å². The topological polar surface area (TPSA) is 82.2 Å². The number of urea groups is 1. The van der Waals surface area contributed by atoms with E-state index in [-0.39, 0.29) is 12.1 Å². The molecule has 2 amide bonds. The Labute approximate surface area is 201 Å². The summed E-state index contributed by atoms with van der Waals surface area (Å²) in [6.45, 7) is 0. The number of benzene rings is 1. The van der Waals surface area contributed by atoms with Crippen LogP contribution in [0.4, 0.5) is 39.8 Å². The van der Waals surface area contributed by atoms with Crippen LogP contribution in [0.3, 0.4) is 0 Å². The average molecular weight is 495 g/mol. The van der Waals surface area contributed by atoms with Crippen molar-refractivity contribution in [1.82, 2.24) is 15.3 Å². The van der Waals surface area contributed by atoms with Gasteiger partial charge >= 0.3 is 12.2 Å². The minimum Gasteiger partial charge on any atom is -0.362 e. The maximum Gasteiger partial charge on any atom is 0.419 e. The molecule has 1 fully saturated rings. The molecule has 1 aromatic heterocycles. The van der Waals surface area contributed by atoms with E-state index in [1.54, 1.807) is 0 Å². The molecule has 0 spiro atoms. The molecule has 4 rings (SSSR count). The first-order chi connectivity index (χ1) is 16.6. The first-order valence-corrected chi connectivity index (χ1v) is 11.9. The summed E-state index contributed by atoms with van der Waals surface area (Å²) >= 11 is 0. The fourth-order valence-electron chi connectivity index (χ4n) is 4.76. The van der Waals surface area contributed by atoms with Gasteiger partial charge < -0.3 is 20.9 Å². The number of anilines is 3. The number of nitrogens with one attached hydrogen (secondary N) is 3. The van der Waals surface area contributed by atoms with E-state index >= 15 is 0 Å². The molecule has 11 heteroatoms. The minimum absolute atomic E-state index is 0.147. The van der Waals surface area contributed by atoms with Crippen molar-refractivity contribution < 1.29 is 22.4 Å². The normalized spacial score (nSPS) is 20.1. The van der Waals surface area contributed by atoms with Crippen LogP contribution in [-0.2, 0) is 19.0 Å². The van der Waals surface area contributed by atoms with Crippen LogP contribution in [-0.4, -0.2) is 42.2 Å². The Balaban J connectivity index is 1.31. The van der Waals surface area contributed by atoms with Gasteiger partial charge in [-0.1, -0.05) is 6.07 Å². The Morgan fingerprint density at radius 3 is 2.40 bits per heavy atom. The third-order valence-electron chi connectivity index (χ3n) is 6.53. The summed E-state index contributed by atoms with van der Waals surface area (Å²) in [6, 6.07) is 2.06. The van der Waals surface area contributed by atoms with E-state index in [0.717, 1.165) is 62.2 Å². The summed E-state index contributed by atoms with van der Waals surface area (Å²) in [5.41, 5.74) is 0.409. The van der Waals surface area contributed by atoms with E-state index < -0.39 is 29.3 Å². The molecule has 2 aliphatic rings. The van der Waals surface area contributed by atoms with Crippen molar-refractivity contribution in [3.63, 3.8) is 0 Å². The second-order valence-corrected chi connectivity index (χ2v) is 9.35. The summed E-state index contributed by atoms with van der Waals surface area (Å²) in [4.78, 5) is 23.8. The highest BCUT2D eigenvalue weighted by Gasteiger charge is 2.35. The lowest BCUT2D eigenvalue weighted by Crippen LogP contribution is -2.42. The van der Waals surface area contributed by atoms with Gasteiger partial charge in [-0.05, 0) is 63.5 Å². The molecule has 7 nitrogen and oxygen atoms in total. The summed E-state index contributed by atoms with van der Waals surface area (Å²) in [7, 11) is 3.96. The Kier molecular flexibility index (Phi) is 7.32. The quantitative estimate of drug-likeness (QED) is 0.503. The zero-order chi connectivity index (χ0) is 25.2. The number of rotatable bonds is 5. The van der Waals surface area contributed by atoms with Crippen LogP contribution in [0.25, 0.3) is 0 Å². The molecule has 1 saturated carbocycles. The van der Waals surface area contributed by atoms with Crippen molar-refractivity contribution in [3.05, 3.63) is 40.8 Å². The molecule has 35 heavy (non-hydrogen) atoms. The molecule has 190 valence electrons. The van der Waals surface area contributed by atoms with Gasteiger partial charge in [-0.15, -0.1) is 0 Å². The van der Waals surface area contributed by atoms with Crippen molar-refractivity contribution in [3.8, 4) is 0 Å².